The SMILES string of the molecule is Cc1ccc(CC[C@H](O)[C@H]2CC[C@H]3[C@@H]4CC=C5C[C@@H](O)CC[C@]5(C)[C@H]4CC[C@]23C)cc1. The molecule has 2 N–H and O–H groups in total. The van der Waals surface area contributed by atoms with E-state index in [1.54, 1.807) is 5.57 Å². The molecular weight excluding hydrogens is 380 g/mol. The lowest BCUT2D eigenvalue weighted by molar-refractivity contribution is -0.0713. The Labute approximate surface area is 189 Å². The molecule has 31 heavy (non-hydrogen) atoms. The predicted molar refractivity (Wildman–Crippen MR) is 127 cm³/mol. The first-order valence-electron chi connectivity index (χ1n) is 12.9. The first kappa shape index (κ1) is 21.7. The lowest BCUT2D eigenvalue weighted by Gasteiger charge is -2.58. The number of hydrogen-bond acceptors (Lipinski definition) is 2. The zero-order valence-corrected chi connectivity index (χ0v) is 19.8. The van der Waals surface area contributed by atoms with Gasteiger partial charge in [-0.3, -0.25) is 0 Å². The molecule has 0 aromatic heterocycles. The molecule has 2 nitrogen and oxygen atoms in total. The predicted octanol–water partition coefficient (Wildman–Crippen LogP) is 6.23. The van der Waals surface area contributed by atoms with Gasteiger partial charge in [0.2, 0.25) is 0 Å². The molecule has 1 aromatic rings. The number of rotatable bonds is 4. The molecule has 8 atom stereocenters. The Morgan fingerprint density at radius 2 is 1.77 bits per heavy atom. The maximum atomic E-state index is 11.3. The molecule has 3 fully saturated rings. The summed E-state index contributed by atoms with van der Waals surface area (Å²) >= 11 is 0. The Morgan fingerprint density at radius 3 is 2.55 bits per heavy atom. The highest BCUT2D eigenvalue weighted by Gasteiger charge is 2.59. The Kier molecular flexibility index (Phi) is 5.62. The molecule has 4 aliphatic carbocycles. The van der Waals surface area contributed by atoms with E-state index in [4.69, 9.17) is 0 Å². The number of aliphatic hydroxyl groups excluding tert-OH is 2. The fourth-order valence-electron chi connectivity index (χ4n) is 8.58. The summed E-state index contributed by atoms with van der Waals surface area (Å²) in [6, 6.07) is 8.82. The smallest absolute Gasteiger partial charge is 0.0577 e. The van der Waals surface area contributed by atoms with Gasteiger partial charge in [0.25, 0.3) is 0 Å². The van der Waals surface area contributed by atoms with Crippen molar-refractivity contribution in [3.63, 3.8) is 0 Å². The second-order valence-corrected chi connectivity index (χ2v) is 12.0. The summed E-state index contributed by atoms with van der Waals surface area (Å²) in [4.78, 5) is 0. The third kappa shape index (κ3) is 3.62. The summed E-state index contributed by atoms with van der Waals surface area (Å²) in [7, 11) is 0. The van der Waals surface area contributed by atoms with E-state index < -0.39 is 0 Å². The van der Waals surface area contributed by atoms with Gasteiger partial charge in [0, 0.05) is 0 Å². The standard InChI is InChI=1S/C29H42O2/c1-19-4-6-20(7-5-19)8-13-27(31)26-12-11-24-23-10-9-21-18-22(30)14-16-28(21,2)25(23)15-17-29(24,26)3/h4-7,9,22-27,30-31H,8,10-18H2,1-3H3/t22-,23-,24-,25-,26+,27-,28-,29-/m0/s1. The molecule has 170 valence electrons. The van der Waals surface area contributed by atoms with Gasteiger partial charge in [-0.1, -0.05) is 55.3 Å². The summed E-state index contributed by atoms with van der Waals surface area (Å²) in [5, 5.41) is 21.5. The Bertz CT molecular complexity index is 826. The van der Waals surface area contributed by atoms with E-state index in [0.29, 0.717) is 16.7 Å². The van der Waals surface area contributed by atoms with E-state index >= 15 is 0 Å². The molecule has 0 spiro atoms. The van der Waals surface area contributed by atoms with Gasteiger partial charge in [-0.2, -0.15) is 0 Å². The molecular formula is C29H42O2. The second kappa shape index (κ2) is 8.03. The highest BCUT2D eigenvalue weighted by atomic mass is 16.3. The van der Waals surface area contributed by atoms with Crippen LogP contribution in [0.3, 0.4) is 0 Å². The van der Waals surface area contributed by atoms with Gasteiger partial charge in [0.15, 0.2) is 0 Å². The molecule has 0 heterocycles. The van der Waals surface area contributed by atoms with Crippen molar-refractivity contribution in [2.24, 2.45) is 34.5 Å². The van der Waals surface area contributed by atoms with E-state index in [2.05, 4.69) is 51.1 Å². The summed E-state index contributed by atoms with van der Waals surface area (Å²) in [6.07, 6.45) is 13.4. The van der Waals surface area contributed by atoms with Gasteiger partial charge in [0.1, 0.15) is 0 Å². The molecule has 1 aromatic carbocycles. The average molecular weight is 423 g/mol. The topological polar surface area (TPSA) is 40.5 Å². The van der Waals surface area contributed by atoms with Crippen LogP contribution in [0.4, 0.5) is 0 Å². The summed E-state index contributed by atoms with van der Waals surface area (Å²) in [5.41, 5.74) is 4.82. The molecule has 0 saturated heterocycles. The number of fused-ring (bicyclic) bond motifs is 5. The molecule has 0 bridgehead atoms. The largest absolute Gasteiger partial charge is 0.393 e. The first-order chi connectivity index (χ1) is 14.8. The Morgan fingerprint density at radius 1 is 1.00 bits per heavy atom. The lowest BCUT2D eigenvalue weighted by atomic mass is 9.47. The van der Waals surface area contributed by atoms with Crippen LogP contribution in [0, 0.1) is 41.4 Å². The quantitative estimate of drug-likeness (QED) is 0.565. The van der Waals surface area contributed by atoms with Gasteiger partial charge in [-0.15, -0.1) is 0 Å². The molecule has 3 saturated carbocycles. The Hall–Kier alpha value is -1.12. The number of aliphatic hydroxyl groups is 2. The van der Waals surface area contributed by atoms with Crippen LogP contribution < -0.4 is 0 Å². The monoisotopic (exact) mass is 422 g/mol. The zero-order chi connectivity index (χ0) is 21.8. The first-order valence-corrected chi connectivity index (χ1v) is 12.9. The van der Waals surface area contributed by atoms with Crippen molar-refractivity contribution in [3.8, 4) is 0 Å². The van der Waals surface area contributed by atoms with Crippen LogP contribution in [0.2, 0.25) is 0 Å². The van der Waals surface area contributed by atoms with Crippen molar-refractivity contribution in [1.82, 2.24) is 0 Å². The Balaban J connectivity index is 1.30. The van der Waals surface area contributed by atoms with Crippen LogP contribution in [0.1, 0.15) is 82.8 Å². The minimum Gasteiger partial charge on any atom is -0.393 e. The van der Waals surface area contributed by atoms with Crippen LogP contribution in [-0.4, -0.2) is 22.4 Å². The third-order valence-electron chi connectivity index (χ3n) is 10.5. The minimum atomic E-state index is -0.178. The fourth-order valence-corrected chi connectivity index (χ4v) is 8.58. The van der Waals surface area contributed by atoms with Crippen LogP contribution in [0.25, 0.3) is 0 Å². The highest BCUT2D eigenvalue weighted by Crippen LogP contribution is 2.66. The van der Waals surface area contributed by atoms with Crippen LogP contribution in [-0.2, 0) is 6.42 Å². The van der Waals surface area contributed by atoms with E-state index in [0.717, 1.165) is 49.9 Å². The van der Waals surface area contributed by atoms with Gasteiger partial charge in [-0.25, -0.2) is 0 Å². The van der Waals surface area contributed by atoms with E-state index in [-0.39, 0.29) is 12.2 Å². The van der Waals surface area contributed by atoms with Crippen molar-refractivity contribution >= 4 is 0 Å². The third-order valence-corrected chi connectivity index (χ3v) is 10.5. The van der Waals surface area contributed by atoms with Gasteiger partial charge >= 0.3 is 0 Å². The molecule has 2 heteroatoms. The number of benzene rings is 1. The van der Waals surface area contributed by atoms with Gasteiger partial charge < -0.3 is 10.2 Å². The van der Waals surface area contributed by atoms with Crippen LogP contribution >= 0.6 is 0 Å². The molecule has 5 rings (SSSR count). The fraction of sp³-hybridized carbons (Fsp3) is 0.724. The van der Waals surface area contributed by atoms with E-state index in [1.807, 2.05) is 0 Å². The highest BCUT2D eigenvalue weighted by molar-refractivity contribution is 5.26. The van der Waals surface area contributed by atoms with Gasteiger partial charge in [-0.05, 0) is 111 Å². The molecule has 4 aliphatic rings. The molecule has 0 unspecified atom stereocenters. The normalized spacial score (nSPS) is 42.9. The van der Waals surface area contributed by atoms with E-state index in [1.165, 1.54) is 43.2 Å². The minimum absolute atomic E-state index is 0.121. The van der Waals surface area contributed by atoms with Crippen molar-refractivity contribution < 1.29 is 10.2 Å². The summed E-state index contributed by atoms with van der Waals surface area (Å²) in [6.45, 7) is 7.16. The van der Waals surface area contributed by atoms with Crippen LogP contribution in [0.5, 0.6) is 0 Å². The van der Waals surface area contributed by atoms with Crippen molar-refractivity contribution in [2.45, 2.75) is 97.2 Å². The second-order valence-electron chi connectivity index (χ2n) is 12.0. The van der Waals surface area contributed by atoms with Gasteiger partial charge in [0.05, 0.1) is 12.2 Å². The van der Waals surface area contributed by atoms with Crippen molar-refractivity contribution in [3.05, 3.63) is 47.0 Å². The molecule has 0 radical (unpaired) electrons. The van der Waals surface area contributed by atoms with Crippen LogP contribution in [0.15, 0.2) is 35.9 Å². The molecule has 0 amide bonds. The maximum absolute atomic E-state index is 11.3. The average Bonchev–Trinajstić information content (AvgIpc) is 3.11. The lowest BCUT2D eigenvalue weighted by Crippen LogP contribution is -2.51. The summed E-state index contributed by atoms with van der Waals surface area (Å²) in [5.74, 6) is 2.76. The zero-order valence-electron chi connectivity index (χ0n) is 19.8. The number of aryl methyl sites for hydroxylation is 2. The maximum Gasteiger partial charge on any atom is 0.0577 e. The van der Waals surface area contributed by atoms with Crippen molar-refractivity contribution in [1.29, 1.82) is 0 Å². The number of hydrogen-bond donors (Lipinski definition) is 2. The van der Waals surface area contributed by atoms with E-state index in [9.17, 15) is 10.2 Å². The number of allylic oxidation sites excluding steroid dienone is 1. The van der Waals surface area contributed by atoms with Crippen molar-refractivity contribution in [2.75, 3.05) is 0 Å². The molecule has 0 aliphatic heterocycles. The summed E-state index contributed by atoms with van der Waals surface area (Å²) < 4.78 is 0.